The molecule has 2 N–H and O–H groups in total. The Morgan fingerprint density at radius 2 is 1.89 bits per heavy atom. The first kappa shape index (κ1) is 27.4. The molecule has 2 aliphatic heterocycles. The summed E-state index contributed by atoms with van der Waals surface area (Å²) in [6.07, 6.45) is 6.31. The fourth-order valence-electron chi connectivity index (χ4n) is 5.88. The maximum atomic E-state index is 13.2. The van der Waals surface area contributed by atoms with E-state index in [-0.39, 0.29) is 24.1 Å². The summed E-state index contributed by atoms with van der Waals surface area (Å²) in [7, 11) is 0. The third-order valence-corrected chi connectivity index (χ3v) is 9.13. The molecule has 10 heteroatoms. The molecule has 2 aromatic rings. The minimum absolute atomic E-state index is 0.0727. The van der Waals surface area contributed by atoms with Crippen LogP contribution in [0.5, 0.6) is 11.5 Å². The molecule has 1 amide bonds. The first-order chi connectivity index (χ1) is 18.4. The highest BCUT2D eigenvalue weighted by molar-refractivity contribution is 7.98. The van der Waals surface area contributed by atoms with Gasteiger partial charge in [0.05, 0.1) is 18.2 Å². The van der Waals surface area contributed by atoms with E-state index in [1.54, 1.807) is 6.07 Å². The molecule has 2 fully saturated rings. The zero-order chi connectivity index (χ0) is 26.8. The normalized spacial score (nSPS) is 23.7. The minimum Gasteiger partial charge on any atom is -0.484 e. The molecule has 3 aliphatic rings. The molecule has 1 aromatic heterocycles. The number of aromatic amines is 1. The second-order valence-corrected chi connectivity index (χ2v) is 11.6. The van der Waals surface area contributed by atoms with E-state index in [9.17, 15) is 9.59 Å². The van der Waals surface area contributed by atoms with Gasteiger partial charge in [-0.3, -0.25) is 14.5 Å². The number of amides is 1. The predicted octanol–water partition coefficient (Wildman–Crippen LogP) is 4.33. The average molecular weight is 562 g/mol. The number of nitrogens with one attached hydrogen (secondary N) is 2. The third-order valence-electron chi connectivity index (χ3n) is 8.05. The van der Waals surface area contributed by atoms with Gasteiger partial charge in [0.2, 0.25) is 0 Å². The lowest BCUT2D eigenvalue weighted by atomic mass is 9.82. The Morgan fingerprint density at radius 3 is 2.61 bits per heavy atom. The van der Waals surface area contributed by atoms with Gasteiger partial charge in [0.1, 0.15) is 12.7 Å². The Balaban J connectivity index is 1.27. The quantitative estimate of drug-likeness (QED) is 0.507. The molecule has 0 radical (unpaired) electrons. The van der Waals surface area contributed by atoms with Crippen LogP contribution in [0.1, 0.15) is 52.9 Å². The second-order valence-electron chi connectivity index (χ2n) is 10.4. The van der Waals surface area contributed by atoms with Gasteiger partial charge in [-0.2, -0.15) is 0 Å². The Morgan fingerprint density at radius 1 is 1.16 bits per heavy atom. The van der Waals surface area contributed by atoms with E-state index in [2.05, 4.69) is 15.2 Å². The van der Waals surface area contributed by atoms with Crippen molar-refractivity contribution in [3.8, 4) is 11.5 Å². The number of H-pyrrole nitrogens is 1. The van der Waals surface area contributed by atoms with E-state index in [1.807, 2.05) is 26.2 Å². The van der Waals surface area contributed by atoms with Crippen LogP contribution >= 0.6 is 23.4 Å². The number of carbonyl (C=O) groups excluding carboxylic acids is 1. The Hall–Kier alpha value is -2.20. The predicted molar refractivity (Wildman–Crippen MR) is 149 cm³/mol. The molecule has 1 saturated heterocycles. The first-order valence-electron chi connectivity index (χ1n) is 13.3. The van der Waals surface area contributed by atoms with Crippen LogP contribution in [0.2, 0.25) is 5.02 Å². The topological polar surface area (TPSA) is 92.9 Å². The van der Waals surface area contributed by atoms with Gasteiger partial charge < -0.3 is 24.5 Å². The third kappa shape index (κ3) is 5.71. The molecule has 1 atom stereocenters. The molecule has 1 aliphatic carbocycles. The van der Waals surface area contributed by atoms with Crippen molar-refractivity contribution >= 4 is 29.3 Å². The summed E-state index contributed by atoms with van der Waals surface area (Å²) in [5.74, 6) is 1.14. The number of aryl methyl sites for hydroxylation is 1. The lowest BCUT2D eigenvalue weighted by molar-refractivity contribution is -0.0118. The highest BCUT2D eigenvalue weighted by atomic mass is 35.5. The van der Waals surface area contributed by atoms with Crippen molar-refractivity contribution < 1.29 is 19.0 Å². The van der Waals surface area contributed by atoms with Crippen molar-refractivity contribution in [2.24, 2.45) is 5.92 Å². The number of fused-ring (bicyclic) bond motifs is 1. The van der Waals surface area contributed by atoms with Crippen LogP contribution in [-0.4, -0.2) is 67.1 Å². The standard InChI is InChI=1S/C28H36ClN3O5S/c1-16-12-24(38-3)21(28(34)31-16)14-30-27(33)20-13-22(29)26-25(17(20)2)37-23(15-36-26)18-4-6-19(7-5-18)32-8-10-35-11-9-32/h12-13,18-19,23H,4-11,14-15H2,1-3H3,(H,30,33)(H,31,34)/t18-,19+,23-/m1/s1. The van der Waals surface area contributed by atoms with Crippen LogP contribution in [0.15, 0.2) is 21.8 Å². The zero-order valence-corrected chi connectivity index (χ0v) is 23.8. The molecule has 206 valence electrons. The molecule has 8 nitrogen and oxygen atoms in total. The van der Waals surface area contributed by atoms with Gasteiger partial charge in [0, 0.05) is 53.0 Å². The largest absolute Gasteiger partial charge is 0.484 e. The van der Waals surface area contributed by atoms with E-state index < -0.39 is 0 Å². The van der Waals surface area contributed by atoms with Crippen molar-refractivity contribution in [2.45, 2.75) is 63.1 Å². The number of benzene rings is 1. The molecule has 1 saturated carbocycles. The fraction of sp³-hybridized carbons (Fsp3) is 0.571. The molecule has 0 spiro atoms. The molecule has 3 heterocycles. The Labute approximate surface area is 232 Å². The number of morpholine rings is 1. The summed E-state index contributed by atoms with van der Waals surface area (Å²) in [4.78, 5) is 31.9. The summed E-state index contributed by atoms with van der Waals surface area (Å²) < 4.78 is 18.1. The smallest absolute Gasteiger partial charge is 0.254 e. The van der Waals surface area contributed by atoms with Gasteiger partial charge in [-0.25, -0.2) is 0 Å². The summed E-state index contributed by atoms with van der Waals surface area (Å²) >= 11 is 8.03. The Kier molecular flexibility index (Phi) is 8.57. The Bertz CT molecular complexity index is 1240. The number of thioether (sulfide) groups is 1. The van der Waals surface area contributed by atoms with E-state index in [0.29, 0.717) is 51.8 Å². The van der Waals surface area contributed by atoms with E-state index >= 15 is 0 Å². The van der Waals surface area contributed by atoms with Crippen molar-refractivity contribution in [3.63, 3.8) is 0 Å². The molecular formula is C28H36ClN3O5S. The van der Waals surface area contributed by atoms with Gasteiger partial charge in [0.15, 0.2) is 11.5 Å². The van der Waals surface area contributed by atoms with Crippen LogP contribution in [0.3, 0.4) is 0 Å². The van der Waals surface area contributed by atoms with Crippen LogP contribution in [0, 0.1) is 19.8 Å². The number of carbonyl (C=O) groups is 1. The monoisotopic (exact) mass is 561 g/mol. The van der Waals surface area contributed by atoms with Crippen molar-refractivity contribution in [1.82, 2.24) is 15.2 Å². The highest BCUT2D eigenvalue weighted by Gasteiger charge is 2.36. The second kappa shape index (κ2) is 11.9. The van der Waals surface area contributed by atoms with Crippen LogP contribution in [0.4, 0.5) is 0 Å². The number of nitrogens with zero attached hydrogens (tertiary/aromatic N) is 1. The molecule has 0 bridgehead atoms. The first-order valence-corrected chi connectivity index (χ1v) is 14.9. The number of hydrogen-bond acceptors (Lipinski definition) is 7. The van der Waals surface area contributed by atoms with Gasteiger partial charge in [-0.05, 0) is 63.8 Å². The van der Waals surface area contributed by atoms with Crippen molar-refractivity contribution in [1.29, 1.82) is 0 Å². The van der Waals surface area contributed by atoms with Crippen molar-refractivity contribution in [2.75, 3.05) is 39.2 Å². The van der Waals surface area contributed by atoms with E-state index in [1.165, 1.54) is 11.8 Å². The van der Waals surface area contributed by atoms with Crippen LogP contribution in [-0.2, 0) is 11.3 Å². The lowest BCUT2D eigenvalue weighted by Crippen LogP contribution is -2.47. The van der Waals surface area contributed by atoms with E-state index in [4.69, 9.17) is 25.8 Å². The molecule has 5 rings (SSSR count). The summed E-state index contributed by atoms with van der Waals surface area (Å²) in [6, 6.07) is 4.15. The van der Waals surface area contributed by atoms with Gasteiger partial charge in [-0.15, -0.1) is 11.8 Å². The average Bonchev–Trinajstić information content (AvgIpc) is 2.94. The summed E-state index contributed by atoms with van der Waals surface area (Å²) in [5, 5.41) is 3.25. The maximum Gasteiger partial charge on any atom is 0.254 e. The molecule has 1 aromatic carbocycles. The summed E-state index contributed by atoms with van der Waals surface area (Å²) in [6.45, 7) is 7.96. The molecule has 0 unspecified atom stereocenters. The van der Waals surface area contributed by atoms with Gasteiger partial charge in [-0.1, -0.05) is 11.6 Å². The van der Waals surface area contributed by atoms with Crippen molar-refractivity contribution in [3.05, 3.63) is 49.9 Å². The maximum absolute atomic E-state index is 13.2. The number of rotatable bonds is 6. The number of hydrogen-bond donors (Lipinski definition) is 2. The van der Waals surface area contributed by atoms with E-state index in [0.717, 1.165) is 62.6 Å². The van der Waals surface area contributed by atoms with Crippen LogP contribution in [0.25, 0.3) is 0 Å². The highest BCUT2D eigenvalue weighted by Crippen LogP contribution is 2.45. The molecule has 38 heavy (non-hydrogen) atoms. The molecular weight excluding hydrogens is 526 g/mol. The summed E-state index contributed by atoms with van der Waals surface area (Å²) in [5.41, 5.74) is 2.23. The van der Waals surface area contributed by atoms with Gasteiger partial charge in [0.25, 0.3) is 11.5 Å². The number of pyridine rings is 1. The van der Waals surface area contributed by atoms with Crippen LogP contribution < -0.4 is 20.3 Å². The minimum atomic E-state index is -0.309. The lowest BCUT2D eigenvalue weighted by Gasteiger charge is -2.41. The zero-order valence-electron chi connectivity index (χ0n) is 22.2. The SMILES string of the molecule is CSc1cc(C)[nH]c(=O)c1CNC(=O)c1cc(Cl)c2c(c1C)O[C@@H]([C@H]1CC[C@@H](N3CCOCC3)CC1)CO2. The fourth-order valence-corrected chi connectivity index (χ4v) is 6.83. The number of aromatic nitrogens is 1. The number of ether oxygens (including phenoxy) is 3. The number of halogens is 1. The van der Waals surface area contributed by atoms with Gasteiger partial charge >= 0.3 is 0 Å².